The van der Waals surface area contributed by atoms with E-state index in [1.54, 1.807) is 0 Å². The molecule has 24 heavy (non-hydrogen) atoms. The normalized spacial score (nSPS) is 17.5. The summed E-state index contributed by atoms with van der Waals surface area (Å²) in [7, 11) is 2.09. The van der Waals surface area contributed by atoms with Gasteiger partial charge in [-0.25, -0.2) is 0 Å². The molecule has 1 N–H and O–H groups in total. The molecule has 0 amide bonds. The minimum Gasteiger partial charge on any atom is -0.390 e. The molecular weight excluding hydrogens is 300 g/mol. The summed E-state index contributed by atoms with van der Waals surface area (Å²) in [5.41, 5.74) is 1.38. The maximum absolute atomic E-state index is 10.3. The minimum absolute atomic E-state index is 0.305. The Morgan fingerprint density at radius 1 is 1.12 bits per heavy atom. The van der Waals surface area contributed by atoms with E-state index in [1.165, 1.54) is 16.3 Å². The van der Waals surface area contributed by atoms with Crippen LogP contribution in [0.3, 0.4) is 0 Å². The third-order valence-corrected chi connectivity index (χ3v) is 4.74. The molecule has 0 bridgehead atoms. The van der Waals surface area contributed by atoms with Crippen LogP contribution >= 0.6 is 0 Å². The van der Waals surface area contributed by atoms with E-state index in [1.807, 2.05) is 0 Å². The molecule has 3 rings (SSSR count). The van der Waals surface area contributed by atoms with Crippen LogP contribution in [0.1, 0.15) is 5.56 Å². The lowest BCUT2D eigenvalue weighted by Crippen LogP contribution is -2.44. The third-order valence-electron chi connectivity index (χ3n) is 4.74. The van der Waals surface area contributed by atoms with Crippen molar-refractivity contribution in [2.75, 3.05) is 53.0 Å². The molecule has 1 fully saturated rings. The molecule has 4 heteroatoms. The summed E-state index contributed by atoms with van der Waals surface area (Å²) in [6.07, 6.45) is 0.697. The van der Waals surface area contributed by atoms with Crippen molar-refractivity contribution in [1.82, 2.24) is 9.80 Å². The zero-order valence-electron chi connectivity index (χ0n) is 14.5. The minimum atomic E-state index is -0.305. The van der Waals surface area contributed by atoms with Crippen LogP contribution in [0.25, 0.3) is 10.8 Å². The Bertz CT molecular complexity index is 635. The van der Waals surface area contributed by atoms with Crippen molar-refractivity contribution in [2.45, 2.75) is 12.5 Å². The first kappa shape index (κ1) is 17.4. The highest BCUT2D eigenvalue weighted by Crippen LogP contribution is 2.19. The first-order valence-electron chi connectivity index (χ1n) is 8.86. The molecule has 1 unspecified atom stereocenters. The predicted octanol–water partition coefficient (Wildman–Crippen LogP) is 2.01. The molecular formula is C20H28N2O2. The Labute approximate surface area is 144 Å². The van der Waals surface area contributed by atoms with Crippen LogP contribution in [0.4, 0.5) is 0 Å². The van der Waals surface area contributed by atoms with E-state index < -0.39 is 0 Å². The highest BCUT2D eigenvalue weighted by atomic mass is 16.5. The lowest BCUT2D eigenvalue weighted by Gasteiger charge is -2.30. The van der Waals surface area contributed by atoms with Crippen molar-refractivity contribution in [2.24, 2.45) is 0 Å². The van der Waals surface area contributed by atoms with Gasteiger partial charge in [0.05, 0.1) is 19.3 Å². The number of aliphatic hydroxyl groups excluding tert-OH is 1. The molecule has 1 aliphatic heterocycles. The number of benzene rings is 2. The zero-order chi connectivity index (χ0) is 16.8. The van der Waals surface area contributed by atoms with E-state index in [9.17, 15) is 5.11 Å². The molecule has 2 aromatic carbocycles. The second kappa shape index (κ2) is 8.58. The third kappa shape index (κ3) is 4.77. The first-order chi connectivity index (χ1) is 11.7. The van der Waals surface area contributed by atoms with Gasteiger partial charge in [-0.15, -0.1) is 0 Å². The van der Waals surface area contributed by atoms with Gasteiger partial charge in [0.1, 0.15) is 0 Å². The van der Waals surface area contributed by atoms with Gasteiger partial charge >= 0.3 is 0 Å². The average Bonchev–Trinajstić information content (AvgIpc) is 2.60. The SMILES string of the molecule is CN(CCc1cccc2ccccc12)CC(O)CN1CCOCC1. The fourth-order valence-corrected chi connectivity index (χ4v) is 3.41. The molecule has 4 nitrogen and oxygen atoms in total. The number of hydrogen-bond donors (Lipinski definition) is 1. The van der Waals surface area contributed by atoms with Crippen LogP contribution in [-0.4, -0.2) is 74.0 Å². The van der Waals surface area contributed by atoms with E-state index in [2.05, 4.69) is 59.3 Å². The number of β-amino-alcohol motifs (C(OH)–C–C–N with tert-alkyl or cyclic N) is 1. The van der Waals surface area contributed by atoms with Crippen molar-refractivity contribution in [3.05, 3.63) is 48.0 Å². The number of rotatable bonds is 7. The topological polar surface area (TPSA) is 35.9 Å². The largest absolute Gasteiger partial charge is 0.390 e. The summed E-state index contributed by atoms with van der Waals surface area (Å²) in [5.74, 6) is 0. The van der Waals surface area contributed by atoms with Crippen molar-refractivity contribution in [3.63, 3.8) is 0 Å². The standard InChI is InChI=1S/C20H28N2O2/c1-21(15-19(23)16-22-11-13-24-14-12-22)10-9-18-7-4-6-17-5-2-3-8-20(17)18/h2-8,19,23H,9-16H2,1H3. The molecule has 0 saturated carbocycles. The Kier molecular flexibility index (Phi) is 6.21. The predicted molar refractivity (Wildman–Crippen MR) is 98.4 cm³/mol. The van der Waals surface area contributed by atoms with Crippen molar-refractivity contribution in [1.29, 1.82) is 0 Å². The summed E-state index contributed by atoms with van der Waals surface area (Å²) in [5, 5.41) is 12.9. The van der Waals surface area contributed by atoms with Gasteiger partial charge in [0.25, 0.3) is 0 Å². The van der Waals surface area contributed by atoms with Crippen molar-refractivity contribution < 1.29 is 9.84 Å². The van der Waals surface area contributed by atoms with Crippen LogP contribution in [-0.2, 0) is 11.2 Å². The number of aliphatic hydroxyl groups is 1. The molecule has 1 aliphatic rings. The number of nitrogens with zero attached hydrogens (tertiary/aromatic N) is 2. The zero-order valence-corrected chi connectivity index (χ0v) is 14.5. The maximum atomic E-state index is 10.3. The van der Waals surface area contributed by atoms with Crippen LogP contribution in [0.2, 0.25) is 0 Å². The number of fused-ring (bicyclic) bond motifs is 1. The molecule has 2 aromatic rings. The summed E-state index contributed by atoms with van der Waals surface area (Å²) in [6.45, 7) is 5.82. The lowest BCUT2D eigenvalue weighted by atomic mass is 10.0. The smallest absolute Gasteiger partial charge is 0.0793 e. The van der Waals surface area contributed by atoms with Crippen LogP contribution in [0.15, 0.2) is 42.5 Å². The van der Waals surface area contributed by atoms with E-state index in [-0.39, 0.29) is 6.10 Å². The fraction of sp³-hybridized carbons (Fsp3) is 0.500. The molecule has 0 aromatic heterocycles. The molecule has 0 spiro atoms. The average molecular weight is 328 g/mol. The highest BCUT2D eigenvalue weighted by molar-refractivity contribution is 5.85. The second-order valence-corrected chi connectivity index (χ2v) is 6.72. The van der Waals surface area contributed by atoms with Gasteiger partial charge in [-0.2, -0.15) is 0 Å². The molecule has 1 atom stereocenters. The summed E-state index contributed by atoms with van der Waals surface area (Å²) in [4.78, 5) is 4.51. The summed E-state index contributed by atoms with van der Waals surface area (Å²) >= 11 is 0. The number of ether oxygens (including phenoxy) is 1. The molecule has 130 valence electrons. The van der Waals surface area contributed by atoms with E-state index >= 15 is 0 Å². The van der Waals surface area contributed by atoms with E-state index in [0.29, 0.717) is 6.54 Å². The second-order valence-electron chi connectivity index (χ2n) is 6.72. The lowest BCUT2D eigenvalue weighted by molar-refractivity contribution is 0.00879. The van der Waals surface area contributed by atoms with Gasteiger partial charge in [0.15, 0.2) is 0 Å². The number of morpholine rings is 1. The van der Waals surface area contributed by atoms with Crippen molar-refractivity contribution >= 4 is 10.8 Å². The quantitative estimate of drug-likeness (QED) is 0.843. The van der Waals surface area contributed by atoms with Gasteiger partial charge in [-0.1, -0.05) is 42.5 Å². The Morgan fingerprint density at radius 2 is 1.88 bits per heavy atom. The van der Waals surface area contributed by atoms with Gasteiger partial charge in [-0.05, 0) is 29.8 Å². The molecule has 1 saturated heterocycles. The fourth-order valence-electron chi connectivity index (χ4n) is 3.41. The summed E-state index contributed by atoms with van der Waals surface area (Å²) < 4.78 is 5.35. The van der Waals surface area contributed by atoms with Gasteiger partial charge in [0, 0.05) is 32.7 Å². The van der Waals surface area contributed by atoms with E-state index in [0.717, 1.165) is 45.8 Å². The van der Waals surface area contributed by atoms with Gasteiger partial charge in [0.2, 0.25) is 0 Å². The van der Waals surface area contributed by atoms with Crippen LogP contribution in [0, 0.1) is 0 Å². The molecule has 1 heterocycles. The Morgan fingerprint density at radius 3 is 2.71 bits per heavy atom. The first-order valence-corrected chi connectivity index (χ1v) is 8.86. The van der Waals surface area contributed by atoms with Crippen molar-refractivity contribution in [3.8, 4) is 0 Å². The van der Waals surface area contributed by atoms with Gasteiger partial charge < -0.3 is 14.7 Å². The highest BCUT2D eigenvalue weighted by Gasteiger charge is 2.16. The number of hydrogen-bond acceptors (Lipinski definition) is 4. The molecule has 0 aliphatic carbocycles. The van der Waals surface area contributed by atoms with Crippen LogP contribution in [0.5, 0.6) is 0 Å². The Balaban J connectivity index is 1.48. The summed E-state index contributed by atoms with van der Waals surface area (Å²) in [6, 6.07) is 15.0. The monoisotopic (exact) mass is 328 g/mol. The van der Waals surface area contributed by atoms with Gasteiger partial charge in [-0.3, -0.25) is 4.90 Å². The Hall–Kier alpha value is -1.46. The van der Waals surface area contributed by atoms with E-state index in [4.69, 9.17) is 4.74 Å². The number of likely N-dealkylation sites (N-methyl/N-ethyl adjacent to an activating group) is 1. The maximum Gasteiger partial charge on any atom is 0.0793 e. The van der Waals surface area contributed by atoms with Crippen LogP contribution < -0.4 is 0 Å². The molecule has 0 radical (unpaired) electrons.